The van der Waals surface area contributed by atoms with E-state index in [1.807, 2.05) is 0 Å². The minimum absolute atomic E-state index is 0.0202. The van der Waals surface area contributed by atoms with E-state index in [4.69, 9.17) is 5.11 Å². The number of phenols is 1. The maximum absolute atomic E-state index is 12.2. The molecule has 0 aliphatic heterocycles. The van der Waals surface area contributed by atoms with E-state index in [1.54, 1.807) is 26.0 Å². The molecular formula is C13H16BrNO4. The van der Waals surface area contributed by atoms with Crippen LogP contribution in [0.15, 0.2) is 22.7 Å². The summed E-state index contributed by atoms with van der Waals surface area (Å²) in [6.45, 7) is 3.89. The summed E-state index contributed by atoms with van der Waals surface area (Å²) >= 11 is 3.14. The molecule has 1 unspecified atom stereocenters. The van der Waals surface area contributed by atoms with E-state index in [9.17, 15) is 14.7 Å². The van der Waals surface area contributed by atoms with E-state index in [2.05, 4.69) is 15.9 Å². The number of halogens is 1. The molecule has 0 saturated heterocycles. The van der Waals surface area contributed by atoms with Gasteiger partial charge in [-0.1, -0.05) is 6.92 Å². The molecule has 1 aromatic rings. The van der Waals surface area contributed by atoms with Gasteiger partial charge in [-0.05, 0) is 41.1 Å². The van der Waals surface area contributed by atoms with Crippen LogP contribution in [-0.4, -0.2) is 40.1 Å². The Labute approximate surface area is 120 Å². The molecule has 0 saturated carbocycles. The SMILES string of the molecule is CCN(CC(C)C(=O)O)C(=O)c1ccc(Br)c(O)c1. The Hall–Kier alpha value is -1.56. The first kappa shape index (κ1) is 15.5. The van der Waals surface area contributed by atoms with Gasteiger partial charge in [-0.3, -0.25) is 9.59 Å². The van der Waals surface area contributed by atoms with E-state index < -0.39 is 11.9 Å². The monoisotopic (exact) mass is 329 g/mol. The van der Waals surface area contributed by atoms with Crippen molar-refractivity contribution < 1.29 is 19.8 Å². The zero-order valence-corrected chi connectivity index (χ0v) is 12.3. The van der Waals surface area contributed by atoms with Gasteiger partial charge in [-0.15, -0.1) is 0 Å². The molecule has 2 N–H and O–H groups in total. The average Bonchev–Trinajstić information content (AvgIpc) is 2.37. The van der Waals surface area contributed by atoms with Crippen molar-refractivity contribution in [2.24, 2.45) is 5.92 Å². The summed E-state index contributed by atoms with van der Waals surface area (Å²) in [5.74, 6) is -1.88. The number of carbonyl (C=O) groups is 2. The average molecular weight is 330 g/mol. The predicted molar refractivity (Wildman–Crippen MR) is 74.2 cm³/mol. The van der Waals surface area contributed by atoms with Crippen molar-refractivity contribution in [2.75, 3.05) is 13.1 Å². The fraction of sp³-hybridized carbons (Fsp3) is 0.385. The maximum Gasteiger partial charge on any atom is 0.308 e. The summed E-state index contributed by atoms with van der Waals surface area (Å²) in [7, 11) is 0. The highest BCUT2D eigenvalue weighted by Crippen LogP contribution is 2.25. The third-order valence-electron chi connectivity index (χ3n) is 2.78. The number of benzene rings is 1. The quantitative estimate of drug-likeness (QED) is 0.869. The number of nitrogens with zero attached hydrogens (tertiary/aromatic N) is 1. The summed E-state index contributed by atoms with van der Waals surface area (Å²) in [5, 5.41) is 18.4. The summed E-state index contributed by atoms with van der Waals surface area (Å²) in [4.78, 5) is 24.5. The number of phenolic OH excluding ortho intramolecular Hbond substituents is 1. The third kappa shape index (κ3) is 3.96. The molecule has 6 heteroatoms. The molecule has 104 valence electrons. The van der Waals surface area contributed by atoms with Crippen LogP contribution >= 0.6 is 15.9 Å². The molecule has 0 radical (unpaired) electrons. The first-order valence-corrected chi connectivity index (χ1v) is 6.66. The van der Waals surface area contributed by atoms with Gasteiger partial charge in [0.1, 0.15) is 5.75 Å². The second-order valence-electron chi connectivity index (χ2n) is 4.25. The van der Waals surface area contributed by atoms with Crippen molar-refractivity contribution in [3.8, 4) is 5.75 Å². The molecule has 5 nitrogen and oxygen atoms in total. The lowest BCUT2D eigenvalue weighted by Crippen LogP contribution is -2.36. The Kier molecular flexibility index (Phi) is 5.35. The topological polar surface area (TPSA) is 77.8 Å². The van der Waals surface area contributed by atoms with Crippen LogP contribution in [-0.2, 0) is 4.79 Å². The van der Waals surface area contributed by atoms with E-state index in [-0.39, 0.29) is 18.2 Å². The lowest BCUT2D eigenvalue weighted by Gasteiger charge is -2.23. The van der Waals surface area contributed by atoms with Crippen LogP contribution in [0, 0.1) is 5.92 Å². The maximum atomic E-state index is 12.2. The van der Waals surface area contributed by atoms with Gasteiger partial charge in [0.05, 0.1) is 10.4 Å². The number of aliphatic carboxylic acids is 1. The van der Waals surface area contributed by atoms with Gasteiger partial charge >= 0.3 is 5.97 Å². The number of amides is 1. The smallest absolute Gasteiger partial charge is 0.308 e. The number of aromatic hydroxyl groups is 1. The first-order chi connectivity index (χ1) is 8.86. The van der Waals surface area contributed by atoms with Crippen molar-refractivity contribution >= 4 is 27.8 Å². The van der Waals surface area contributed by atoms with Crippen LogP contribution in [0.25, 0.3) is 0 Å². The molecule has 1 rings (SSSR count). The van der Waals surface area contributed by atoms with Gasteiger partial charge in [0.15, 0.2) is 0 Å². The molecule has 0 fully saturated rings. The predicted octanol–water partition coefficient (Wildman–Crippen LogP) is 2.34. The van der Waals surface area contributed by atoms with Crippen LogP contribution in [0.4, 0.5) is 0 Å². The summed E-state index contributed by atoms with van der Waals surface area (Å²) in [6, 6.07) is 4.53. The molecule has 0 aliphatic rings. The molecule has 0 aliphatic carbocycles. The van der Waals surface area contributed by atoms with Crippen molar-refractivity contribution in [3.05, 3.63) is 28.2 Å². The highest BCUT2D eigenvalue weighted by atomic mass is 79.9. The van der Waals surface area contributed by atoms with Gasteiger partial charge in [0.2, 0.25) is 0 Å². The molecule has 1 aromatic carbocycles. The van der Waals surface area contributed by atoms with Crippen molar-refractivity contribution in [1.29, 1.82) is 0 Å². The summed E-state index contributed by atoms with van der Waals surface area (Å²) in [5.41, 5.74) is 0.333. The number of rotatable bonds is 5. The fourth-order valence-corrected chi connectivity index (χ4v) is 1.84. The van der Waals surface area contributed by atoms with Gasteiger partial charge in [0, 0.05) is 18.7 Å². The van der Waals surface area contributed by atoms with Crippen LogP contribution in [0.2, 0.25) is 0 Å². The first-order valence-electron chi connectivity index (χ1n) is 5.87. The lowest BCUT2D eigenvalue weighted by molar-refractivity contribution is -0.141. The van der Waals surface area contributed by atoms with E-state index in [1.165, 1.54) is 11.0 Å². The highest BCUT2D eigenvalue weighted by Gasteiger charge is 2.20. The van der Waals surface area contributed by atoms with Gasteiger partial charge in [-0.25, -0.2) is 0 Å². The van der Waals surface area contributed by atoms with E-state index in [0.29, 0.717) is 16.6 Å². The number of carbonyl (C=O) groups excluding carboxylic acids is 1. The minimum Gasteiger partial charge on any atom is -0.507 e. The fourth-order valence-electron chi connectivity index (χ4n) is 1.59. The summed E-state index contributed by atoms with van der Waals surface area (Å²) < 4.78 is 0.506. The van der Waals surface area contributed by atoms with Crippen LogP contribution in [0.1, 0.15) is 24.2 Å². The van der Waals surface area contributed by atoms with Crippen LogP contribution in [0.3, 0.4) is 0 Å². The van der Waals surface area contributed by atoms with Crippen LogP contribution in [0.5, 0.6) is 5.75 Å². The van der Waals surface area contributed by atoms with Gasteiger partial charge < -0.3 is 15.1 Å². The second kappa shape index (κ2) is 6.56. The molecule has 0 heterocycles. The Morgan fingerprint density at radius 3 is 2.53 bits per heavy atom. The molecular weight excluding hydrogens is 314 g/mol. The van der Waals surface area contributed by atoms with E-state index >= 15 is 0 Å². The normalized spacial score (nSPS) is 11.9. The lowest BCUT2D eigenvalue weighted by atomic mass is 10.1. The number of hydrogen-bond donors (Lipinski definition) is 2. The second-order valence-corrected chi connectivity index (χ2v) is 5.10. The zero-order chi connectivity index (χ0) is 14.6. The number of hydrogen-bond acceptors (Lipinski definition) is 3. The van der Waals surface area contributed by atoms with Crippen molar-refractivity contribution in [3.63, 3.8) is 0 Å². The van der Waals surface area contributed by atoms with Crippen LogP contribution < -0.4 is 0 Å². The molecule has 0 aromatic heterocycles. The number of carboxylic acids is 1. The largest absolute Gasteiger partial charge is 0.507 e. The van der Waals surface area contributed by atoms with Crippen molar-refractivity contribution in [2.45, 2.75) is 13.8 Å². The van der Waals surface area contributed by atoms with Crippen molar-refractivity contribution in [1.82, 2.24) is 4.90 Å². The highest BCUT2D eigenvalue weighted by molar-refractivity contribution is 9.10. The van der Waals surface area contributed by atoms with Gasteiger partial charge in [-0.2, -0.15) is 0 Å². The number of carboxylic acid groups (broad SMARTS) is 1. The van der Waals surface area contributed by atoms with Gasteiger partial charge in [0.25, 0.3) is 5.91 Å². The molecule has 1 amide bonds. The molecule has 0 spiro atoms. The van der Waals surface area contributed by atoms with E-state index in [0.717, 1.165) is 0 Å². The molecule has 0 bridgehead atoms. The molecule has 19 heavy (non-hydrogen) atoms. The Balaban J connectivity index is 2.89. The Bertz CT molecular complexity index is 490. The summed E-state index contributed by atoms with van der Waals surface area (Å²) in [6.07, 6.45) is 0. The minimum atomic E-state index is -0.940. The third-order valence-corrected chi connectivity index (χ3v) is 3.45. The molecule has 1 atom stereocenters. The zero-order valence-electron chi connectivity index (χ0n) is 10.8. The standard InChI is InChI=1S/C13H16BrNO4/c1-3-15(7-8(2)13(18)19)12(17)9-4-5-10(14)11(16)6-9/h4-6,8,16H,3,7H2,1-2H3,(H,18,19). The Morgan fingerprint density at radius 2 is 2.05 bits per heavy atom. The Morgan fingerprint density at radius 1 is 1.42 bits per heavy atom.